The van der Waals surface area contributed by atoms with Gasteiger partial charge in [-0.25, -0.2) is 4.79 Å². The molecule has 130 valence electrons. The van der Waals surface area contributed by atoms with Gasteiger partial charge < -0.3 is 20.7 Å². The molecule has 1 aromatic rings. The highest BCUT2D eigenvalue weighted by Crippen LogP contribution is 2.27. The standard InChI is InChI=1S/C17H24N4O3/c1-24-15-6-5-12(16(18)22)10-14(15)19-17(23)21-9-8-20-7-3-2-4-13(20)11-21/h5-6,10,13H,2-4,7-9,11H2,1H3,(H2,18,22)(H,19,23). The van der Waals surface area contributed by atoms with Crippen LogP contribution in [0.2, 0.25) is 0 Å². The maximum absolute atomic E-state index is 12.6. The number of hydrogen-bond acceptors (Lipinski definition) is 4. The molecular formula is C17H24N4O3. The molecule has 2 fully saturated rings. The normalized spacial score (nSPS) is 21.0. The predicted octanol–water partition coefficient (Wildman–Crippen LogP) is 1.50. The zero-order valence-corrected chi connectivity index (χ0v) is 14.0. The minimum absolute atomic E-state index is 0.167. The number of hydrogen-bond donors (Lipinski definition) is 2. The Morgan fingerprint density at radius 3 is 2.83 bits per heavy atom. The Morgan fingerprint density at radius 2 is 2.08 bits per heavy atom. The van der Waals surface area contributed by atoms with E-state index in [9.17, 15) is 9.59 Å². The molecule has 3 amide bonds. The number of piperazine rings is 1. The van der Waals surface area contributed by atoms with E-state index in [1.807, 2.05) is 4.90 Å². The molecule has 0 aromatic heterocycles. The summed E-state index contributed by atoms with van der Waals surface area (Å²) in [6.07, 6.45) is 3.62. The number of carbonyl (C=O) groups is 2. The smallest absolute Gasteiger partial charge is 0.322 e. The number of fused-ring (bicyclic) bond motifs is 1. The topological polar surface area (TPSA) is 87.9 Å². The van der Waals surface area contributed by atoms with Crippen molar-refractivity contribution in [3.05, 3.63) is 23.8 Å². The summed E-state index contributed by atoms with van der Waals surface area (Å²) >= 11 is 0. The van der Waals surface area contributed by atoms with Crippen LogP contribution >= 0.6 is 0 Å². The Hall–Kier alpha value is -2.28. The zero-order chi connectivity index (χ0) is 17.1. The molecule has 7 heteroatoms. The van der Waals surface area contributed by atoms with Gasteiger partial charge in [0, 0.05) is 31.2 Å². The highest BCUT2D eigenvalue weighted by molar-refractivity contribution is 5.97. The van der Waals surface area contributed by atoms with Gasteiger partial charge in [0.15, 0.2) is 0 Å². The highest BCUT2D eigenvalue weighted by atomic mass is 16.5. The van der Waals surface area contributed by atoms with Gasteiger partial charge in [0.05, 0.1) is 12.8 Å². The maximum Gasteiger partial charge on any atom is 0.322 e. The Morgan fingerprint density at radius 1 is 1.25 bits per heavy atom. The molecule has 0 aliphatic carbocycles. The highest BCUT2D eigenvalue weighted by Gasteiger charge is 2.31. The van der Waals surface area contributed by atoms with Crippen LogP contribution in [0, 0.1) is 0 Å². The lowest BCUT2D eigenvalue weighted by Crippen LogP contribution is -2.56. The first kappa shape index (κ1) is 16.6. The summed E-state index contributed by atoms with van der Waals surface area (Å²) in [7, 11) is 1.52. The Balaban J connectivity index is 1.70. The van der Waals surface area contributed by atoms with Crippen LogP contribution in [0.4, 0.5) is 10.5 Å². The van der Waals surface area contributed by atoms with Gasteiger partial charge >= 0.3 is 6.03 Å². The third kappa shape index (κ3) is 3.46. The monoisotopic (exact) mass is 332 g/mol. The zero-order valence-electron chi connectivity index (χ0n) is 14.0. The summed E-state index contributed by atoms with van der Waals surface area (Å²) in [4.78, 5) is 28.3. The molecule has 2 aliphatic rings. The number of carbonyl (C=O) groups excluding carboxylic acids is 2. The van der Waals surface area contributed by atoms with Crippen LogP contribution in [0.25, 0.3) is 0 Å². The van der Waals surface area contributed by atoms with E-state index in [0.29, 0.717) is 29.6 Å². The fraction of sp³-hybridized carbons (Fsp3) is 0.529. The Kier molecular flexibility index (Phi) is 4.89. The fourth-order valence-electron chi connectivity index (χ4n) is 3.49. The predicted molar refractivity (Wildman–Crippen MR) is 91.3 cm³/mol. The van der Waals surface area contributed by atoms with Crippen LogP contribution in [0.3, 0.4) is 0 Å². The van der Waals surface area contributed by atoms with E-state index >= 15 is 0 Å². The van der Waals surface area contributed by atoms with Crippen molar-refractivity contribution in [3.63, 3.8) is 0 Å². The van der Waals surface area contributed by atoms with Crippen LogP contribution in [0.15, 0.2) is 18.2 Å². The van der Waals surface area contributed by atoms with Crippen LogP contribution < -0.4 is 15.8 Å². The first-order chi connectivity index (χ1) is 11.6. The molecule has 2 saturated heterocycles. The van der Waals surface area contributed by atoms with Crippen molar-refractivity contribution in [1.29, 1.82) is 0 Å². The summed E-state index contributed by atoms with van der Waals surface area (Å²) in [6, 6.07) is 5.06. The number of nitrogens with zero attached hydrogens (tertiary/aromatic N) is 2. The molecule has 0 saturated carbocycles. The summed E-state index contributed by atoms with van der Waals surface area (Å²) in [5.74, 6) is -0.0337. The Bertz CT molecular complexity index is 634. The second kappa shape index (κ2) is 7.09. The number of primary amides is 1. The summed E-state index contributed by atoms with van der Waals surface area (Å²) in [5, 5.41) is 2.86. The van der Waals surface area contributed by atoms with Gasteiger partial charge in [-0.05, 0) is 37.6 Å². The molecule has 1 atom stereocenters. The van der Waals surface area contributed by atoms with Crippen LogP contribution in [0.1, 0.15) is 29.6 Å². The summed E-state index contributed by atoms with van der Waals surface area (Å²) < 4.78 is 5.26. The third-order valence-corrected chi connectivity index (χ3v) is 4.85. The van der Waals surface area contributed by atoms with Crippen LogP contribution in [0.5, 0.6) is 5.75 Å². The molecule has 1 unspecified atom stereocenters. The minimum atomic E-state index is -0.538. The molecular weight excluding hydrogens is 308 g/mol. The van der Waals surface area contributed by atoms with Crippen molar-refractivity contribution in [2.24, 2.45) is 5.73 Å². The fourth-order valence-corrected chi connectivity index (χ4v) is 3.49. The number of rotatable bonds is 3. The van der Waals surface area contributed by atoms with Crippen molar-refractivity contribution >= 4 is 17.6 Å². The number of urea groups is 1. The minimum Gasteiger partial charge on any atom is -0.495 e. The molecule has 3 N–H and O–H groups in total. The number of nitrogens with two attached hydrogens (primary N) is 1. The number of benzene rings is 1. The van der Waals surface area contributed by atoms with Gasteiger partial charge in [-0.2, -0.15) is 0 Å². The average molecular weight is 332 g/mol. The molecule has 3 rings (SSSR count). The van der Waals surface area contributed by atoms with E-state index in [0.717, 1.165) is 26.1 Å². The number of piperidine rings is 1. The molecule has 0 bridgehead atoms. The number of amides is 3. The van der Waals surface area contributed by atoms with E-state index in [-0.39, 0.29) is 6.03 Å². The lowest BCUT2D eigenvalue weighted by molar-refractivity contribution is 0.0678. The van der Waals surface area contributed by atoms with E-state index in [1.54, 1.807) is 18.2 Å². The lowest BCUT2D eigenvalue weighted by atomic mass is 10.00. The quantitative estimate of drug-likeness (QED) is 0.878. The largest absolute Gasteiger partial charge is 0.495 e. The van der Waals surface area contributed by atoms with Gasteiger partial charge in [0.25, 0.3) is 0 Å². The van der Waals surface area contributed by atoms with Gasteiger partial charge in [-0.3, -0.25) is 9.69 Å². The number of anilines is 1. The maximum atomic E-state index is 12.6. The SMILES string of the molecule is COc1ccc(C(N)=O)cc1NC(=O)N1CCN2CCCCC2C1. The van der Waals surface area contributed by atoms with Gasteiger partial charge in [0.1, 0.15) is 5.75 Å². The molecule has 0 spiro atoms. The Labute approximate surface area is 141 Å². The van der Waals surface area contributed by atoms with E-state index in [1.165, 1.54) is 20.0 Å². The first-order valence-electron chi connectivity index (χ1n) is 8.36. The van der Waals surface area contributed by atoms with Gasteiger partial charge in [-0.15, -0.1) is 0 Å². The summed E-state index contributed by atoms with van der Waals surface area (Å²) in [6.45, 7) is 3.50. The van der Waals surface area contributed by atoms with Gasteiger partial charge in [0.2, 0.25) is 5.91 Å². The lowest BCUT2D eigenvalue weighted by Gasteiger charge is -2.43. The van der Waals surface area contributed by atoms with Crippen LogP contribution in [-0.4, -0.2) is 61.1 Å². The van der Waals surface area contributed by atoms with E-state index in [4.69, 9.17) is 10.5 Å². The molecule has 0 radical (unpaired) electrons. The molecule has 1 aromatic carbocycles. The molecule has 7 nitrogen and oxygen atoms in total. The van der Waals surface area contributed by atoms with Crippen molar-refractivity contribution in [2.45, 2.75) is 25.3 Å². The summed E-state index contributed by atoms with van der Waals surface area (Å²) in [5.41, 5.74) is 6.11. The first-order valence-corrected chi connectivity index (χ1v) is 8.36. The molecule has 24 heavy (non-hydrogen) atoms. The third-order valence-electron chi connectivity index (χ3n) is 4.85. The second-order valence-electron chi connectivity index (χ2n) is 6.34. The van der Waals surface area contributed by atoms with E-state index < -0.39 is 5.91 Å². The molecule has 2 aliphatic heterocycles. The average Bonchev–Trinajstić information content (AvgIpc) is 2.61. The molecule has 2 heterocycles. The van der Waals surface area contributed by atoms with Crippen molar-refractivity contribution < 1.29 is 14.3 Å². The van der Waals surface area contributed by atoms with Gasteiger partial charge in [-0.1, -0.05) is 6.42 Å². The van der Waals surface area contributed by atoms with Crippen molar-refractivity contribution in [1.82, 2.24) is 9.80 Å². The van der Waals surface area contributed by atoms with Crippen LogP contribution in [-0.2, 0) is 0 Å². The van der Waals surface area contributed by atoms with E-state index in [2.05, 4.69) is 10.2 Å². The number of methoxy groups -OCH3 is 1. The van der Waals surface area contributed by atoms with Crippen molar-refractivity contribution in [3.8, 4) is 5.75 Å². The second-order valence-corrected chi connectivity index (χ2v) is 6.34. The van der Waals surface area contributed by atoms with Crippen molar-refractivity contribution in [2.75, 3.05) is 38.6 Å². The number of ether oxygens (including phenoxy) is 1. The number of nitrogens with one attached hydrogen (secondary N) is 1.